The third-order valence-electron chi connectivity index (χ3n) is 4.85. The Morgan fingerprint density at radius 1 is 1.32 bits per heavy atom. The Balaban J connectivity index is 0.00000225. The number of carbonyl (C=O) groups excluding carboxylic acids is 1. The molecule has 1 aromatic carbocycles. The third kappa shape index (κ3) is 4.09. The van der Waals surface area contributed by atoms with Crippen LogP contribution in [0.3, 0.4) is 0 Å². The van der Waals surface area contributed by atoms with Crippen molar-refractivity contribution in [1.82, 2.24) is 20.1 Å². The summed E-state index contributed by atoms with van der Waals surface area (Å²) in [7, 11) is 1.87. The highest BCUT2D eigenvalue weighted by atomic mass is 35.5. The number of thiazole rings is 1. The fourth-order valence-electron chi connectivity index (χ4n) is 3.46. The molecule has 0 saturated carbocycles. The molecule has 2 N–H and O–H groups in total. The van der Waals surface area contributed by atoms with E-state index in [1.54, 1.807) is 16.8 Å². The highest BCUT2D eigenvalue weighted by Crippen LogP contribution is 2.33. The van der Waals surface area contributed by atoms with Gasteiger partial charge < -0.3 is 10.6 Å². The molecule has 1 aliphatic heterocycles. The summed E-state index contributed by atoms with van der Waals surface area (Å²) in [5.74, 6) is -0.410. The first kappa shape index (κ1) is 20.4. The summed E-state index contributed by atoms with van der Waals surface area (Å²) < 4.78 is 14.9. The molecule has 1 fully saturated rings. The second kappa shape index (κ2) is 8.38. The van der Waals surface area contributed by atoms with E-state index in [1.807, 2.05) is 26.4 Å². The zero-order valence-corrected chi connectivity index (χ0v) is 17.1. The van der Waals surface area contributed by atoms with E-state index in [1.165, 1.54) is 23.5 Å². The maximum Gasteiger partial charge on any atom is 0.231 e. The Morgan fingerprint density at radius 3 is 2.75 bits per heavy atom. The number of hydrogen-bond donors (Lipinski definition) is 2. The van der Waals surface area contributed by atoms with Crippen LogP contribution in [0.4, 0.5) is 9.52 Å². The monoisotopic (exact) mass is 421 g/mol. The summed E-state index contributed by atoms with van der Waals surface area (Å²) in [6.45, 7) is 3.32. The summed E-state index contributed by atoms with van der Waals surface area (Å²) in [6, 6.07) is 6.22. The molecule has 2 atom stereocenters. The molecule has 3 aromatic rings. The number of carbonyl (C=O) groups is 1. The largest absolute Gasteiger partial charge is 0.315 e. The SMILES string of the molecule is Cc1sc(NC(=O)[C@H]2CNC[C@@H]2c2cnn(C)c2)nc1-c1ccc(F)cc1.Cl. The lowest BCUT2D eigenvalue weighted by atomic mass is 9.90. The highest BCUT2D eigenvalue weighted by Gasteiger charge is 2.35. The smallest absolute Gasteiger partial charge is 0.231 e. The lowest BCUT2D eigenvalue weighted by Crippen LogP contribution is -2.28. The van der Waals surface area contributed by atoms with Gasteiger partial charge in [-0.05, 0) is 36.8 Å². The van der Waals surface area contributed by atoms with Gasteiger partial charge in [0.25, 0.3) is 0 Å². The van der Waals surface area contributed by atoms with Crippen molar-refractivity contribution >= 4 is 34.8 Å². The van der Waals surface area contributed by atoms with Crippen molar-refractivity contribution in [2.75, 3.05) is 18.4 Å². The second-order valence-electron chi connectivity index (χ2n) is 6.74. The molecule has 28 heavy (non-hydrogen) atoms. The number of aromatic nitrogens is 3. The van der Waals surface area contributed by atoms with Crippen molar-refractivity contribution in [3.8, 4) is 11.3 Å². The zero-order chi connectivity index (χ0) is 19.0. The van der Waals surface area contributed by atoms with Crippen molar-refractivity contribution in [3.63, 3.8) is 0 Å². The first-order valence-electron chi connectivity index (χ1n) is 8.75. The van der Waals surface area contributed by atoms with Gasteiger partial charge in [-0.2, -0.15) is 5.10 Å². The number of nitrogens with one attached hydrogen (secondary N) is 2. The zero-order valence-electron chi connectivity index (χ0n) is 15.5. The van der Waals surface area contributed by atoms with Gasteiger partial charge in [0.05, 0.1) is 17.8 Å². The summed E-state index contributed by atoms with van der Waals surface area (Å²) in [6.07, 6.45) is 3.77. The number of nitrogens with zero attached hydrogens (tertiary/aromatic N) is 3. The summed E-state index contributed by atoms with van der Waals surface area (Å²) >= 11 is 1.43. The van der Waals surface area contributed by atoms with Gasteiger partial charge in [-0.15, -0.1) is 23.7 Å². The molecule has 148 valence electrons. The van der Waals surface area contributed by atoms with Crippen LogP contribution in [0.5, 0.6) is 0 Å². The van der Waals surface area contributed by atoms with Crippen molar-refractivity contribution in [1.29, 1.82) is 0 Å². The lowest BCUT2D eigenvalue weighted by molar-refractivity contribution is -0.119. The van der Waals surface area contributed by atoms with Crippen LogP contribution in [0.15, 0.2) is 36.7 Å². The number of hydrogen-bond acceptors (Lipinski definition) is 5. The van der Waals surface area contributed by atoms with Gasteiger partial charge in [-0.3, -0.25) is 9.48 Å². The second-order valence-corrected chi connectivity index (χ2v) is 7.94. The average molecular weight is 422 g/mol. The average Bonchev–Trinajstić information content (AvgIpc) is 3.35. The molecular formula is C19H21ClFN5OS. The molecule has 0 unspecified atom stereocenters. The molecule has 1 saturated heterocycles. The van der Waals surface area contributed by atoms with E-state index < -0.39 is 0 Å². The fourth-order valence-corrected chi connectivity index (χ4v) is 4.30. The molecule has 3 heterocycles. The number of aryl methyl sites for hydroxylation is 2. The van der Waals surface area contributed by atoms with E-state index >= 15 is 0 Å². The van der Waals surface area contributed by atoms with Crippen LogP contribution in [0.25, 0.3) is 11.3 Å². The van der Waals surface area contributed by atoms with Gasteiger partial charge in [-0.1, -0.05) is 0 Å². The van der Waals surface area contributed by atoms with Crippen molar-refractivity contribution in [3.05, 3.63) is 52.9 Å². The number of anilines is 1. The number of amides is 1. The molecule has 9 heteroatoms. The van der Waals surface area contributed by atoms with Crippen LogP contribution in [0.2, 0.25) is 0 Å². The minimum atomic E-state index is -0.282. The quantitative estimate of drug-likeness (QED) is 0.677. The van der Waals surface area contributed by atoms with Crippen LogP contribution in [-0.2, 0) is 11.8 Å². The Hall–Kier alpha value is -2.29. The van der Waals surface area contributed by atoms with Gasteiger partial charge >= 0.3 is 0 Å². The molecule has 0 spiro atoms. The van der Waals surface area contributed by atoms with E-state index in [0.29, 0.717) is 11.7 Å². The number of halogens is 2. The molecule has 6 nitrogen and oxygen atoms in total. The van der Waals surface area contributed by atoms with E-state index in [-0.39, 0.29) is 36.0 Å². The van der Waals surface area contributed by atoms with Gasteiger partial charge in [0.1, 0.15) is 5.82 Å². The maximum atomic E-state index is 13.1. The Kier molecular flexibility index (Phi) is 6.12. The molecule has 4 rings (SSSR count). The summed E-state index contributed by atoms with van der Waals surface area (Å²) in [4.78, 5) is 18.4. The van der Waals surface area contributed by atoms with Crippen molar-refractivity contribution in [2.24, 2.45) is 13.0 Å². The molecule has 0 bridgehead atoms. The third-order valence-corrected chi connectivity index (χ3v) is 5.73. The van der Waals surface area contributed by atoms with Gasteiger partial charge in [0.2, 0.25) is 5.91 Å². The molecule has 1 aliphatic rings. The maximum absolute atomic E-state index is 13.1. The number of benzene rings is 1. The Bertz CT molecular complexity index is 971. The Labute approximate surface area is 172 Å². The van der Waals surface area contributed by atoms with E-state index in [9.17, 15) is 9.18 Å². The normalized spacial score (nSPS) is 18.7. The van der Waals surface area contributed by atoms with Crippen LogP contribution >= 0.6 is 23.7 Å². The van der Waals surface area contributed by atoms with Crippen molar-refractivity contribution < 1.29 is 9.18 Å². The van der Waals surface area contributed by atoms with Crippen LogP contribution in [-0.4, -0.2) is 33.8 Å². The van der Waals surface area contributed by atoms with E-state index in [2.05, 4.69) is 20.7 Å². The van der Waals surface area contributed by atoms with Crippen LogP contribution in [0, 0.1) is 18.7 Å². The number of rotatable bonds is 4. The highest BCUT2D eigenvalue weighted by molar-refractivity contribution is 7.16. The predicted molar refractivity (Wildman–Crippen MR) is 110 cm³/mol. The van der Waals surface area contributed by atoms with E-state index in [4.69, 9.17) is 0 Å². The molecule has 1 amide bonds. The summed E-state index contributed by atoms with van der Waals surface area (Å²) in [5.41, 5.74) is 2.66. The van der Waals surface area contributed by atoms with Gasteiger partial charge in [0.15, 0.2) is 5.13 Å². The fraction of sp³-hybridized carbons (Fsp3) is 0.316. The first-order valence-corrected chi connectivity index (χ1v) is 9.56. The molecule has 2 aromatic heterocycles. The standard InChI is InChI=1S/C19H20FN5OS.ClH/c1-11-17(12-3-5-14(20)6-4-12)23-19(27-11)24-18(26)16-9-21-8-15(16)13-7-22-25(2)10-13;/h3-7,10,15-16,21H,8-9H2,1-2H3,(H,23,24,26);1H/t15-,16+;/m1./s1. The molecule has 0 aliphatic carbocycles. The first-order chi connectivity index (χ1) is 13.0. The van der Waals surface area contributed by atoms with Gasteiger partial charge in [-0.25, -0.2) is 9.37 Å². The van der Waals surface area contributed by atoms with Crippen LogP contribution < -0.4 is 10.6 Å². The summed E-state index contributed by atoms with van der Waals surface area (Å²) in [5, 5.41) is 11.0. The Morgan fingerprint density at radius 2 is 2.07 bits per heavy atom. The predicted octanol–water partition coefficient (Wildman–Crippen LogP) is 3.35. The van der Waals surface area contributed by atoms with Crippen LogP contribution in [0.1, 0.15) is 16.4 Å². The van der Waals surface area contributed by atoms with Gasteiger partial charge in [0, 0.05) is 42.7 Å². The minimum Gasteiger partial charge on any atom is -0.315 e. The van der Waals surface area contributed by atoms with Crippen molar-refractivity contribution in [2.45, 2.75) is 12.8 Å². The molecule has 0 radical (unpaired) electrons. The topological polar surface area (TPSA) is 71.8 Å². The molecular weight excluding hydrogens is 401 g/mol. The van der Waals surface area contributed by atoms with E-state index in [0.717, 1.165) is 28.2 Å². The minimum absolute atomic E-state index is 0. The lowest BCUT2D eigenvalue weighted by Gasteiger charge is -2.15.